The lowest BCUT2D eigenvalue weighted by molar-refractivity contribution is -0.131. The number of benzene rings is 1. The quantitative estimate of drug-likeness (QED) is 0.921. The summed E-state index contributed by atoms with van der Waals surface area (Å²) in [7, 11) is 0. The van der Waals surface area contributed by atoms with E-state index in [4.69, 9.17) is 0 Å². The van der Waals surface area contributed by atoms with Gasteiger partial charge in [0.15, 0.2) is 0 Å². The molecule has 1 saturated heterocycles. The van der Waals surface area contributed by atoms with Crippen molar-refractivity contribution in [3.8, 4) is 0 Å². The van der Waals surface area contributed by atoms with Crippen LogP contribution in [-0.2, 0) is 4.79 Å². The van der Waals surface area contributed by atoms with Gasteiger partial charge in [-0.3, -0.25) is 10.1 Å². The lowest BCUT2D eigenvalue weighted by Crippen LogP contribution is -2.37. The minimum absolute atomic E-state index is 0.0260. The number of halogens is 1. The molecule has 0 radical (unpaired) electrons. The fraction of sp³-hybridized carbons (Fsp3) is 0.562. The molecule has 0 bridgehead atoms. The molecule has 0 aromatic heterocycles. The molecule has 1 aliphatic rings. The number of carbonyl (C=O) groups excluding carboxylic acids is 1. The van der Waals surface area contributed by atoms with Crippen molar-refractivity contribution in [2.45, 2.75) is 46.3 Å². The van der Waals surface area contributed by atoms with Crippen molar-refractivity contribution in [2.75, 3.05) is 6.54 Å². The van der Waals surface area contributed by atoms with Crippen LogP contribution in [0.2, 0.25) is 0 Å². The Morgan fingerprint density at radius 2 is 1.85 bits per heavy atom. The summed E-state index contributed by atoms with van der Waals surface area (Å²) in [5.74, 6) is -0.121. The van der Waals surface area contributed by atoms with Crippen molar-refractivity contribution >= 4 is 5.91 Å². The molecular weight excluding hydrogens is 255 g/mol. The van der Waals surface area contributed by atoms with E-state index in [0.717, 1.165) is 12.0 Å². The Kier molecular flexibility index (Phi) is 4.14. The van der Waals surface area contributed by atoms with E-state index in [1.165, 1.54) is 12.1 Å². The lowest BCUT2D eigenvalue weighted by atomic mass is 9.95. The molecule has 1 heterocycles. The molecule has 1 aliphatic heterocycles. The molecule has 0 aliphatic carbocycles. The van der Waals surface area contributed by atoms with Crippen LogP contribution in [0.4, 0.5) is 4.39 Å². The van der Waals surface area contributed by atoms with Gasteiger partial charge < -0.3 is 4.90 Å². The molecule has 20 heavy (non-hydrogen) atoms. The van der Waals surface area contributed by atoms with Gasteiger partial charge in [-0.05, 0) is 29.5 Å². The highest BCUT2D eigenvalue weighted by Gasteiger charge is 2.39. The summed E-state index contributed by atoms with van der Waals surface area (Å²) in [5, 5.41) is 3.35. The number of amides is 1. The van der Waals surface area contributed by atoms with Gasteiger partial charge in [-0.1, -0.05) is 39.8 Å². The highest BCUT2D eigenvalue weighted by molar-refractivity contribution is 5.84. The molecule has 4 heteroatoms. The van der Waals surface area contributed by atoms with Crippen LogP contribution < -0.4 is 5.32 Å². The van der Waals surface area contributed by atoms with Gasteiger partial charge in [0.2, 0.25) is 5.91 Å². The Labute approximate surface area is 120 Å². The number of rotatable bonds is 3. The summed E-state index contributed by atoms with van der Waals surface area (Å²) in [5.41, 5.74) is 0.957. The van der Waals surface area contributed by atoms with E-state index in [0.29, 0.717) is 6.54 Å². The van der Waals surface area contributed by atoms with E-state index < -0.39 is 0 Å². The van der Waals surface area contributed by atoms with Gasteiger partial charge in [0.25, 0.3) is 0 Å². The summed E-state index contributed by atoms with van der Waals surface area (Å²) in [6, 6.07) is 6.22. The monoisotopic (exact) mass is 278 g/mol. The average Bonchev–Trinajstić information content (AvgIpc) is 2.66. The molecule has 2 rings (SSSR count). The van der Waals surface area contributed by atoms with Gasteiger partial charge in [-0.25, -0.2) is 4.39 Å². The maximum atomic E-state index is 13.1. The van der Waals surface area contributed by atoms with Gasteiger partial charge in [-0.15, -0.1) is 0 Å². The topological polar surface area (TPSA) is 32.3 Å². The Morgan fingerprint density at radius 1 is 1.25 bits per heavy atom. The normalized spacial score (nSPS) is 23.4. The highest BCUT2D eigenvalue weighted by atomic mass is 19.1. The number of nitrogens with one attached hydrogen (secondary N) is 1. The summed E-state index contributed by atoms with van der Waals surface area (Å²) < 4.78 is 13.1. The van der Waals surface area contributed by atoms with Crippen LogP contribution in [0.1, 0.15) is 45.8 Å². The van der Waals surface area contributed by atoms with Gasteiger partial charge in [-0.2, -0.15) is 0 Å². The summed E-state index contributed by atoms with van der Waals surface area (Å²) in [6.07, 6.45) is 0.601. The van der Waals surface area contributed by atoms with Gasteiger partial charge in [0.05, 0.1) is 6.04 Å². The third kappa shape index (κ3) is 3.18. The summed E-state index contributed by atoms with van der Waals surface area (Å²) in [4.78, 5) is 14.3. The molecule has 1 aromatic rings. The second-order valence-electron chi connectivity index (χ2n) is 6.61. The van der Waals surface area contributed by atoms with Crippen LogP contribution in [0.15, 0.2) is 24.3 Å². The first-order valence-electron chi connectivity index (χ1n) is 7.14. The number of hydrogen-bond acceptors (Lipinski definition) is 2. The fourth-order valence-electron chi connectivity index (χ4n) is 2.57. The van der Waals surface area contributed by atoms with Crippen LogP contribution in [-0.4, -0.2) is 23.4 Å². The summed E-state index contributed by atoms with van der Waals surface area (Å²) in [6.45, 7) is 9.01. The van der Waals surface area contributed by atoms with Crippen molar-refractivity contribution < 1.29 is 9.18 Å². The van der Waals surface area contributed by atoms with Gasteiger partial charge in [0, 0.05) is 6.54 Å². The highest BCUT2D eigenvalue weighted by Crippen LogP contribution is 2.30. The Hall–Kier alpha value is -1.42. The van der Waals surface area contributed by atoms with E-state index in [1.807, 2.05) is 11.8 Å². The molecule has 2 atom stereocenters. The maximum absolute atomic E-state index is 13.1. The van der Waals surface area contributed by atoms with Crippen LogP contribution >= 0.6 is 0 Å². The molecular formula is C16H23FN2O. The summed E-state index contributed by atoms with van der Waals surface area (Å²) >= 11 is 0. The maximum Gasteiger partial charge on any atom is 0.241 e. The first-order chi connectivity index (χ1) is 9.31. The molecule has 1 amide bonds. The number of nitrogens with zero attached hydrogens (tertiary/aromatic N) is 1. The molecule has 1 N–H and O–H groups in total. The minimum atomic E-state index is -0.257. The van der Waals surface area contributed by atoms with Gasteiger partial charge in [0.1, 0.15) is 12.0 Å². The largest absolute Gasteiger partial charge is 0.321 e. The Balaban J connectivity index is 2.28. The van der Waals surface area contributed by atoms with Crippen LogP contribution in [0.25, 0.3) is 0 Å². The molecule has 1 fully saturated rings. The van der Waals surface area contributed by atoms with E-state index in [-0.39, 0.29) is 29.3 Å². The SMILES string of the molecule is CCC1NC(c2ccc(F)cc2)N(CC(C)(C)C)C1=O. The third-order valence-electron chi connectivity index (χ3n) is 3.49. The molecule has 110 valence electrons. The zero-order valence-corrected chi connectivity index (χ0v) is 12.6. The first kappa shape index (κ1) is 15.0. The van der Waals surface area contributed by atoms with Crippen molar-refractivity contribution in [3.05, 3.63) is 35.6 Å². The second-order valence-corrected chi connectivity index (χ2v) is 6.61. The van der Waals surface area contributed by atoms with E-state index in [9.17, 15) is 9.18 Å². The zero-order chi connectivity index (χ0) is 14.9. The zero-order valence-electron chi connectivity index (χ0n) is 12.6. The lowest BCUT2D eigenvalue weighted by Gasteiger charge is -2.31. The molecule has 1 aromatic carbocycles. The predicted molar refractivity (Wildman–Crippen MR) is 77.5 cm³/mol. The first-order valence-corrected chi connectivity index (χ1v) is 7.14. The minimum Gasteiger partial charge on any atom is -0.321 e. The predicted octanol–water partition coefficient (Wildman–Crippen LogP) is 3.08. The van der Waals surface area contributed by atoms with E-state index in [1.54, 1.807) is 12.1 Å². The Morgan fingerprint density at radius 3 is 2.35 bits per heavy atom. The van der Waals surface area contributed by atoms with Crippen LogP contribution in [0.5, 0.6) is 0 Å². The van der Waals surface area contributed by atoms with Crippen molar-refractivity contribution in [3.63, 3.8) is 0 Å². The van der Waals surface area contributed by atoms with Crippen LogP contribution in [0.3, 0.4) is 0 Å². The average molecular weight is 278 g/mol. The van der Waals surface area contributed by atoms with Crippen LogP contribution in [0, 0.1) is 11.2 Å². The fourth-order valence-corrected chi connectivity index (χ4v) is 2.57. The number of hydrogen-bond donors (Lipinski definition) is 1. The number of carbonyl (C=O) groups is 1. The molecule has 2 unspecified atom stereocenters. The van der Waals surface area contributed by atoms with Gasteiger partial charge >= 0.3 is 0 Å². The van der Waals surface area contributed by atoms with Crippen molar-refractivity contribution in [1.82, 2.24) is 10.2 Å². The van der Waals surface area contributed by atoms with E-state index in [2.05, 4.69) is 26.1 Å². The molecule has 0 saturated carbocycles. The molecule has 3 nitrogen and oxygen atoms in total. The Bertz CT molecular complexity index is 478. The van der Waals surface area contributed by atoms with Crippen molar-refractivity contribution in [1.29, 1.82) is 0 Å². The second kappa shape index (κ2) is 5.52. The van der Waals surface area contributed by atoms with E-state index >= 15 is 0 Å². The standard InChI is InChI=1S/C16H23FN2O/c1-5-13-15(20)19(10-16(2,3)4)14(18-13)11-6-8-12(17)9-7-11/h6-9,13-14,18H,5,10H2,1-4H3. The molecule has 0 spiro atoms. The third-order valence-corrected chi connectivity index (χ3v) is 3.49. The smallest absolute Gasteiger partial charge is 0.241 e. The van der Waals surface area contributed by atoms with Crippen molar-refractivity contribution in [2.24, 2.45) is 5.41 Å².